The minimum Gasteiger partial charge on any atom is -0.493 e. The molecule has 2 amide bonds. The fourth-order valence-corrected chi connectivity index (χ4v) is 3.27. The molecule has 1 aromatic rings. The zero-order chi connectivity index (χ0) is 18.4. The predicted octanol–water partition coefficient (Wildman–Crippen LogP) is 2.42. The Morgan fingerprint density at radius 1 is 1.08 bits per heavy atom. The van der Waals surface area contributed by atoms with Gasteiger partial charge in [-0.05, 0) is 44.9 Å². The highest BCUT2D eigenvalue weighted by molar-refractivity contribution is 5.95. The van der Waals surface area contributed by atoms with Crippen molar-refractivity contribution in [3.63, 3.8) is 0 Å². The number of carbonyl (C=O) groups is 2. The molecule has 1 aliphatic rings. The Bertz CT molecular complexity index is 605. The highest BCUT2D eigenvalue weighted by Crippen LogP contribution is 2.29. The van der Waals surface area contributed by atoms with Crippen LogP contribution in [0.1, 0.15) is 37.0 Å². The van der Waals surface area contributed by atoms with Gasteiger partial charge in [0, 0.05) is 37.7 Å². The number of ether oxygens (including phenoxy) is 2. The van der Waals surface area contributed by atoms with Gasteiger partial charge in [0.1, 0.15) is 0 Å². The van der Waals surface area contributed by atoms with Crippen molar-refractivity contribution in [3.05, 3.63) is 23.8 Å². The molecule has 1 aliphatic heterocycles. The molecule has 1 fully saturated rings. The lowest BCUT2D eigenvalue weighted by atomic mass is 9.94. The van der Waals surface area contributed by atoms with Crippen LogP contribution in [0.2, 0.25) is 0 Å². The monoisotopic (exact) mass is 348 g/mol. The van der Waals surface area contributed by atoms with E-state index < -0.39 is 0 Å². The molecular weight excluding hydrogens is 320 g/mol. The molecule has 0 atom stereocenters. The molecule has 2 rings (SSSR count). The third-order valence-electron chi connectivity index (χ3n) is 4.84. The van der Waals surface area contributed by atoms with Gasteiger partial charge in [0.2, 0.25) is 5.91 Å². The van der Waals surface area contributed by atoms with Crippen molar-refractivity contribution in [3.8, 4) is 11.5 Å². The molecule has 138 valence electrons. The SMILES string of the molecule is CCN(CC)C(=O)C1CCN(C(=O)c2ccc(OC)c(OC)c2)CC1. The van der Waals surface area contributed by atoms with Gasteiger partial charge in [0.15, 0.2) is 11.5 Å². The molecule has 0 spiro atoms. The summed E-state index contributed by atoms with van der Waals surface area (Å²) < 4.78 is 10.5. The third kappa shape index (κ3) is 4.24. The maximum absolute atomic E-state index is 12.7. The minimum atomic E-state index is -0.0327. The topological polar surface area (TPSA) is 59.1 Å². The molecule has 0 unspecified atom stereocenters. The maximum Gasteiger partial charge on any atom is 0.253 e. The normalized spacial score (nSPS) is 15.0. The molecule has 0 aromatic heterocycles. The summed E-state index contributed by atoms with van der Waals surface area (Å²) in [6.45, 7) is 6.67. The summed E-state index contributed by atoms with van der Waals surface area (Å²) in [6.07, 6.45) is 1.43. The summed E-state index contributed by atoms with van der Waals surface area (Å²) in [7, 11) is 3.12. The van der Waals surface area contributed by atoms with E-state index in [1.54, 1.807) is 32.4 Å². The Labute approximate surface area is 149 Å². The molecule has 1 heterocycles. The van der Waals surface area contributed by atoms with Gasteiger partial charge >= 0.3 is 0 Å². The van der Waals surface area contributed by atoms with Crippen LogP contribution >= 0.6 is 0 Å². The van der Waals surface area contributed by atoms with Crippen LogP contribution in [-0.2, 0) is 4.79 Å². The second-order valence-corrected chi connectivity index (χ2v) is 6.15. The van der Waals surface area contributed by atoms with E-state index in [0.29, 0.717) is 43.0 Å². The average molecular weight is 348 g/mol. The summed E-state index contributed by atoms with van der Waals surface area (Å²) in [4.78, 5) is 28.9. The van der Waals surface area contributed by atoms with Gasteiger partial charge in [-0.25, -0.2) is 0 Å². The molecule has 0 saturated carbocycles. The summed E-state index contributed by atoms with van der Waals surface area (Å²) in [6, 6.07) is 5.19. The zero-order valence-corrected chi connectivity index (χ0v) is 15.6. The molecule has 6 nitrogen and oxygen atoms in total. The number of nitrogens with zero attached hydrogens (tertiary/aromatic N) is 2. The highest BCUT2D eigenvalue weighted by Gasteiger charge is 2.30. The van der Waals surface area contributed by atoms with Crippen LogP contribution < -0.4 is 9.47 Å². The summed E-state index contributed by atoms with van der Waals surface area (Å²) in [5.41, 5.74) is 0.575. The van der Waals surface area contributed by atoms with E-state index in [1.807, 2.05) is 23.6 Å². The van der Waals surface area contributed by atoms with Gasteiger partial charge in [-0.3, -0.25) is 9.59 Å². The average Bonchev–Trinajstić information content (AvgIpc) is 2.67. The Morgan fingerprint density at radius 3 is 2.20 bits per heavy atom. The van der Waals surface area contributed by atoms with E-state index in [1.165, 1.54) is 0 Å². The first kappa shape index (κ1) is 19.1. The number of amides is 2. The van der Waals surface area contributed by atoms with Crippen LogP contribution in [0.3, 0.4) is 0 Å². The standard InChI is InChI=1S/C19H28N2O4/c1-5-20(6-2)18(22)14-9-11-21(12-10-14)19(23)15-7-8-16(24-3)17(13-15)25-4/h7-8,13-14H,5-6,9-12H2,1-4H3. The van der Waals surface area contributed by atoms with E-state index >= 15 is 0 Å². The van der Waals surface area contributed by atoms with Crippen LogP contribution in [0.4, 0.5) is 0 Å². The number of rotatable bonds is 6. The summed E-state index contributed by atoms with van der Waals surface area (Å²) in [5, 5.41) is 0. The Balaban J connectivity index is 2.01. The quantitative estimate of drug-likeness (QED) is 0.792. The first-order valence-corrected chi connectivity index (χ1v) is 8.85. The van der Waals surface area contributed by atoms with Gasteiger partial charge in [0.05, 0.1) is 14.2 Å². The van der Waals surface area contributed by atoms with Crippen molar-refractivity contribution >= 4 is 11.8 Å². The van der Waals surface area contributed by atoms with Crippen molar-refractivity contribution in [2.75, 3.05) is 40.4 Å². The molecule has 0 aliphatic carbocycles. The molecule has 0 radical (unpaired) electrons. The lowest BCUT2D eigenvalue weighted by Gasteiger charge is -2.33. The molecule has 6 heteroatoms. The molecule has 25 heavy (non-hydrogen) atoms. The van der Waals surface area contributed by atoms with Crippen LogP contribution in [0.5, 0.6) is 11.5 Å². The van der Waals surface area contributed by atoms with E-state index in [0.717, 1.165) is 13.1 Å². The molecule has 0 N–H and O–H groups in total. The van der Waals surface area contributed by atoms with Crippen LogP contribution in [0.15, 0.2) is 18.2 Å². The van der Waals surface area contributed by atoms with Crippen molar-refractivity contribution in [2.24, 2.45) is 5.92 Å². The van der Waals surface area contributed by atoms with Crippen molar-refractivity contribution in [2.45, 2.75) is 26.7 Å². The molecule has 1 aromatic carbocycles. The third-order valence-corrected chi connectivity index (χ3v) is 4.84. The van der Waals surface area contributed by atoms with E-state index in [9.17, 15) is 9.59 Å². The number of hydrogen-bond acceptors (Lipinski definition) is 4. The van der Waals surface area contributed by atoms with E-state index in [4.69, 9.17) is 9.47 Å². The van der Waals surface area contributed by atoms with Gasteiger partial charge in [-0.1, -0.05) is 0 Å². The maximum atomic E-state index is 12.7. The van der Waals surface area contributed by atoms with Gasteiger partial charge in [0.25, 0.3) is 5.91 Å². The molecular formula is C19H28N2O4. The zero-order valence-electron chi connectivity index (χ0n) is 15.6. The van der Waals surface area contributed by atoms with Crippen LogP contribution in [0, 0.1) is 5.92 Å². The number of methoxy groups -OCH3 is 2. The first-order chi connectivity index (χ1) is 12.0. The fourth-order valence-electron chi connectivity index (χ4n) is 3.27. The van der Waals surface area contributed by atoms with Crippen LogP contribution in [-0.4, -0.2) is 62.0 Å². The first-order valence-electron chi connectivity index (χ1n) is 8.85. The van der Waals surface area contributed by atoms with E-state index in [2.05, 4.69) is 0 Å². The lowest BCUT2D eigenvalue weighted by Crippen LogP contribution is -2.44. The Kier molecular flexibility index (Phi) is 6.67. The molecule has 1 saturated heterocycles. The van der Waals surface area contributed by atoms with Crippen molar-refractivity contribution < 1.29 is 19.1 Å². The fraction of sp³-hybridized carbons (Fsp3) is 0.579. The number of piperidine rings is 1. The Morgan fingerprint density at radius 2 is 1.68 bits per heavy atom. The van der Waals surface area contributed by atoms with Crippen LogP contribution in [0.25, 0.3) is 0 Å². The minimum absolute atomic E-state index is 0.0225. The van der Waals surface area contributed by atoms with Gasteiger partial charge in [-0.2, -0.15) is 0 Å². The van der Waals surface area contributed by atoms with Gasteiger partial charge in [-0.15, -0.1) is 0 Å². The smallest absolute Gasteiger partial charge is 0.253 e. The highest BCUT2D eigenvalue weighted by atomic mass is 16.5. The number of likely N-dealkylation sites (tertiary alicyclic amines) is 1. The number of benzene rings is 1. The van der Waals surface area contributed by atoms with E-state index in [-0.39, 0.29) is 17.7 Å². The van der Waals surface area contributed by atoms with Crippen molar-refractivity contribution in [1.29, 1.82) is 0 Å². The lowest BCUT2D eigenvalue weighted by molar-refractivity contribution is -0.136. The summed E-state index contributed by atoms with van der Waals surface area (Å²) in [5.74, 6) is 1.34. The second-order valence-electron chi connectivity index (χ2n) is 6.15. The largest absolute Gasteiger partial charge is 0.493 e. The van der Waals surface area contributed by atoms with Crippen molar-refractivity contribution in [1.82, 2.24) is 9.80 Å². The van der Waals surface area contributed by atoms with Gasteiger partial charge < -0.3 is 19.3 Å². The Hall–Kier alpha value is -2.24. The second kappa shape index (κ2) is 8.74. The number of hydrogen-bond donors (Lipinski definition) is 0. The number of carbonyl (C=O) groups excluding carboxylic acids is 2. The summed E-state index contributed by atoms with van der Waals surface area (Å²) >= 11 is 0. The molecule has 0 bridgehead atoms. The predicted molar refractivity (Wildman–Crippen MR) is 96.1 cm³/mol.